The lowest BCUT2D eigenvalue weighted by atomic mass is 9.85. The van der Waals surface area contributed by atoms with Crippen molar-refractivity contribution in [3.63, 3.8) is 0 Å². The monoisotopic (exact) mass is 485 g/mol. The Kier molecular flexibility index (Phi) is 6.53. The zero-order valence-electron chi connectivity index (χ0n) is 21.0. The van der Waals surface area contributed by atoms with Gasteiger partial charge in [-0.15, -0.1) is 0 Å². The molecule has 6 heteroatoms. The van der Waals surface area contributed by atoms with Crippen LogP contribution in [0.5, 0.6) is 11.5 Å². The van der Waals surface area contributed by atoms with Crippen molar-refractivity contribution in [2.75, 3.05) is 13.2 Å². The second-order valence-corrected chi connectivity index (χ2v) is 10.7. The van der Waals surface area contributed by atoms with Crippen LogP contribution in [-0.4, -0.2) is 47.1 Å². The molecule has 2 aromatic rings. The van der Waals surface area contributed by atoms with Gasteiger partial charge in [0.25, 0.3) is 0 Å². The lowest BCUT2D eigenvalue weighted by molar-refractivity contribution is -0.120. The van der Waals surface area contributed by atoms with E-state index in [0.717, 1.165) is 47.5 Å². The Bertz CT molecular complexity index is 1220. The average Bonchev–Trinajstić information content (AvgIpc) is 3.10. The molecule has 36 heavy (non-hydrogen) atoms. The number of hydrogen-bond acceptors (Lipinski definition) is 5. The van der Waals surface area contributed by atoms with Gasteiger partial charge in [-0.3, -0.25) is 14.7 Å². The lowest BCUT2D eigenvalue weighted by Crippen LogP contribution is -2.49. The van der Waals surface area contributed by atoms with Crippen molar-refractivity contribution >= 4 is 16.8 Å². The zero-order chi connectivity index (χ0) is 24.5. The van der Waals surface area contributed by atoms with Crippen molar-refractivity contribution in [3.05, 3.63) is 66.0 Å². The Labute approximate surface area is 213 Å². The summed E-state index contributed by atoms with van der Waals surface area (Å²) >= 11 is 0. The van der Waals surface area contributed by atoms with E-state index in [0.29, 0.717) is 31.0 Å². The van der Waals surface area contributed by atoms with Gasteiger partial charge in [-0.05, 0) is 87.3 Å². The third kappa shape index (κ3) is 4.92. The van der Waals surface area contributed by atoms with Crippen molar-refractivity contribution in [2.45, 2.75) is 70.1 Å². The molecule has 2 fully saturated rings. The smallest absolute Gasteiger partial charge is 0.224 e. The van der Waals surface area contributed by atoms with Crippen LogP contribution in [0.15, 0.2) is 60.3 Å². The summed E-state index contributed by atoms with van der Waals surface area (Å²) in [5, 5.41) is 3.92. The van der Waals surface area contributed by atoms with Gasteiger partial charge in [-0.2, -0.15) is 0 Å². The fraction of sp³-hybridized carbons (Fsp3) is 0.467. The SMILES string of the molecule is Cc1ccc2c3c(ccc2n1)OC[C@H](CN1C2CCC1CC(CC1=C/C=C/CCC(=O)N\C=C\1)C2)O3. The van der Waals surface area contributed by atoms with Crippen LogP contribution in [-0.2, 0) is 4.79 Å². The Morgan fingerprint density at radius 3 is 2.86 bits per heavy atom. The zero-order valence-corrected chi connectivity index (χ0v) is 21.0. The van der Waals surface area contributed by atoms with Gasteiger partial charge in [0.05, 0.1) is 5.52 Å². The summed E-state index contributed by atoms with van der Waals surface area (Å²) in [7, 11) is 0. The first-order valence-corrected chi connectivity index (χ1v) is 13.4. The molecule has 188 valence electrons. The number of hydrogen-bond donors (Lipinski definition) is 1. The van der Waals surface area contributed by atoms with Gasteiger partial charge in [0.1, 0.15) is 12.7 Å². The second-order valence-electron chi connectivity index (χ2n) is 10.7. The Hall–Kier alpha value is -3.12. The van der Waals surface area contributed by atoms with Gasteiger partial charge in [0, 0.05) is 42.3 Å². The maximum absolute atomic E-state index is 11.8. The summed E-state index contributed by atoms with van der Waals surface area (Å²) in [6.07, 6.45) is 17.7. The van der Waals surface area contributed by atoms with E-state index in [1.54, 1.807) is 0 Å². The topological polar surface area (TPSA) is 63.7 Å². The number of amides is 1. The maximum Gasteiger partial charge on any atom is 0.224 e. The molecular formula is C30H35N3O3. The molecule has 0 radical (unpaired) electrons. The highest BCUT2D eigenvalue weighted by atomic mass is 16.6. The van der Waals surface area contributed by atoms with Gasteiger partial charge in [0.2, 0.25) is 5.91 Å². The Balaban J connectivity index is 1.11. The first-order chi connectivity index (χ1) is 17.6. The Morgan fingerprint density at radius 1 is 1.14 bits per heavy atom. The summed E-state index contributed by atoms with van der Waals surface area (Å²) in [5.41, 5.74) is 3.26. The van der Waals surface area contributed by atoms with E-state index in [1.165, 1.54) is 31.3 Å². The highest BCUT2D eigenvalue weighted by Crippen LogP contribution is 2.43. The first kappa shape index (κ1) is 23.3. The van der Waals surface area contributed by atoms with Crippen LogP contribution in [0.1, 0.15) is 50.6 Å². The normalized spacial score (nSPS) is 31.4. The van der Waals surface area contributed by atoms with E-state index in [4.69, 9.17) is 9.47 Å². The number of aryl methyl sites for hydroxylation is 1. The van der Waals surface area contributed by atoms with Gasteiger partial charge in [-0.25, -0.2) is 0 Å². The van der Waals surface area contributed by atoms with E-state index >= 15 is 0 Å². The largest absolute Gasteiger partial charge is 0.486 e. The number of aromatic nitrogens is 1. The fourth-order valence-electron chi connectivity index (χ4n) is 6.40. The minimum Gasteiger partial charge on any atom is -0.486 e. The molecule has 1 aromatic heterocycles. The number of pyridine rings is 1. The second kappa shape index (κ2) is 10.1. The van der Waals surface area contributed by atoms with Crippen molar-refractivity contribution < 1.29 is 14.3 Å². The van der Waals surface area contributed by atoms with Crippen LogP contribution < -0.4 is 14.8 Å². The third-order valence-corrected chi connectivity index (χ3v) is 8.08. The van der Waals surface area contributed by atoms with E-state index in [9.17, 15) is 4.79 Å². The quantitative estimate of drug-likeness (QED) is 0.643. The lowest BCUT2D eigenvalue weighted by Gasteiger charge is -2.41. The molecule has 2 saturated heterocycles. The van der Waals surface area contributed by atoms with Gasteiger partial charge in [0.15, 0.2) is 11.5 Å². The molecule has 1 N–H and O–H groups in total. The fourth-order valence-corrected chi connectivity index (χ4v) is 6.40. The van der Waals surface area contributed by atoms with Gasteiger partial charge >= 0.3 is 0 Å². The summed E-state index contributed by atoms with van der Waals surface area (Å²) in [4.78, 5) is 19.1. The molecule has 6 rings (SSSR count). The predicted octanol–water partition coefficient (Wildman–Crippen LogP) is 5.22. The molecule has 1 amide bonds. The number of benzene rings is 1. The van der Waals surface area contributed by atoms with Crippen LogP contribution in [0.2, 0.25) is 0 Å². The number of ether oxygens (including phenoxy) is 2. The molecule has 4 aliphatic heterocycles. The molecule has 3 atom stereocenters. The van der Waals surface area contributed by atoms with Gasteiger partial charge in [-0.1, -0.05) is 18.2 Å². The number of nitrogens with zero attached hydrogens (tertiary/aromatic N) is 2. The molecule has 6 nitrogen and oxygen atoms in total. The highest BCUT2D eigenvalue weighted by molar-refractivity contribution is 5.88. The van der Waals surface area contributed by atoms with Crippen LogP contribution in [0.4, 0.5) is 0 Å². The molecule has 2 unspecified atom stereocenters. The van der Waals surface area contributed by atoms with Crippen LogP contribution in [0, 0.1) is 12.8 Å². The minimum atomic E-state index is 0.0294. The summed E-state index contributed by atoms with van der Waals surface area (Å²) in [6, 6.07) is 9.35. The molecule has 0 saturated carbocycles. The molecule has 2 bridgehead atoms. The van der Waals surface area contributed by atoms with E-state index in [2.05, 4.69) is 45.6 Å². The molecule has 1 aromatic carbocycles. The highest BCUT2D eigenvalue weighted by Gasteiger charge is 2.42. The standard InChI is InChI=1S/C30H35N3O3/c1-20-7-10-26-27(32-20)11-12-28-30(26)36-25(19-35-28)18-33-23-8-9-24(33)17-22(16-23)15-21-5-3-2-4-6-29(34)31-14-13-21/h2-3,5,7,10-14,22-25H,4,6,8-9,15-19H2,1H3,(H,31,34)/b3-2+,14-13+,21-5+/t22?,23?,24?,25-/m0/s1. The number of carbonyl (C=O) groups excluding carboxylic acids is 1. The number of piperidine rings is 1. The van der Waals surface area contributed by atoms with E-state index in [1.807, 2.05) is 31.3 Å². The molecule has 0 aliphatic carbocycles. The van der Waals surface area contributed by atoms with Crippen LogP contribution in [0.3, 0.4) is 0 Å². The molecule has 4 aliphatic rings. The van der Waals surface area contributed by atoms with Crippen molar-refractivity contribution in [1.29, 1.82) is 0 Å². The van der Waals surface area contributed by atoms with Crippen molar-refractivity contribution in [2.24, 2.45) is 5.92 Å². The molecular weight excluding hydrogens is 450 g/mol. The van der Waals surface area contributed by atoms with Crippen LogP contribution >= 0.6 is 0 Å². The summed E-state index contributed by atoms with van der Waals surface area (Å²) < 4.78 is 12.7. The first-order valence-electron chi connectivity index (χ1n) is 13.4. The van der Waals surface area contributed by atoms with Crippen molar-refractivity contribution in [3.8, 4) is 11.5 Å². The predicted molar refractivity (Wildman–Crippen MR) is 141 cm³/mol. The molecule has 0 spiro atoms. The number of nitrogens with one attached hydrogen (secondary N) is 1. The van der Waals surface area contributed by atoms with E-state index < -0.39 is 0 Å². The van der Waals surface area contributed by atoms with Crippen molar-refractivity contribution in [1.82, 2.24) is 15.2 Å². The number of rotatable bonds is 4. The van der Waals surface area contributed by atoms with Gasteiger partial charge < -0.3 is 14.8 Å². The number of allylic oxidation sites excluding steroid dienone is 5. The number of fused-ring (bicyclic) bond motifs is 5. The number of carbonyl (C=O) groups is 1. The molecule has 5 heterocycles. The minimum absolute atomic E-state index is 0.0294. The van der Waals surface area contributed by atoms with Crippen LogP contribution in [0.25, 0.3) is 10.9 Å². The summed E-state index contributed by atoms with van der Waals surface area (Å²) in [5.74, 6) is 2.42. The third-order valence-electron chi connectivity index (χ3n) is 8.08. The Morgan fingerprint density at radius 2 is 2.00 bits per heavy atom. The van der Waals surface area contributed by atoms with E-state index in [-0.39, 0.29) is 12.0 Å². The average molecular weight is 486 g/mol. The summed E-state index contributed by atoms with van der Waals surface area (Å²) in [6.45, 7) is 3.51. The maximum atomic E-state index is 11.8.